The third kappa shape index (κ3) is 6.01. The highest BCUT2D eigenvalue weighted by Gasteiger charge is 2.26. The smallest absolute Gasteiger partial charge is 0.343 e. The van der Waals surface area contributed by atoms with Gasteiger partial charge in [0.2, 0.25) is 0 Å². The van der Waals surface area contributed by atoms with E-state index in [0.29, 0.717) is 57.1 Å². The molecule has 0 aromatic carbocycles. The lowest BCUT2D eigenvalue weighted by Gasteiger charge is -2.17. The predicted molar refractivity (Wildman–Crippen MR) is 127 cm³/mol. The van der Waals surface area contributed by atoms with E-state index < -0.39 is 5.97 Å². The first kappa shape index (κ1) is 24.7. The van der Waals surface area contributed by atoms with Gasteiger partial charge in [0.1, 0.15) is 29.4 Å². The second-order valence-corrected chi connectivity index (χ2v) is 8.61. The van der Waals surface area contributed by atoms with Crippen LogP contribution >= 0.6 is 0 Å². The molecule has 0 bridgehead atoms. The van der Waals surface area contributed by atoms with Crippen molar-refractivity contribution in [1.82, 2.24) is 19.2 Å². The summed E-state index contributed by atoms with van der Waals surface area (Å²) in [4.78, 5) is 27.9. The van der Waals surface area contributed by atoms with Crippen molar-refractivity contribution in [2.24, 2.45) is 7.05 Å². The normalized spacial score (nSPS) is 13.9. The molecule has 0 aliphatic carbocycles. The summed E-state index contributed by atoms with van der Waals surface area (Å²) in [6.07, 6.45) is 5.81. The number of rotatable bonds is 10. The van der Waals surface area contributed by atoms with Crippen LogP contribution in [0.5, 0.6) is 5.75 Å². The molecular formula is C25H32N4O6. The molecule has 1 aliphatic rings. The SMILES string of the molecule is COCc1ccc(CN2CCc3c(C(=O)OC)c(OCCCc4cnn(C)c4)cc(=O)n3CC2)o1. The van der Waals surface area contributed by atoms with Crippen LogP contribution in [0.25, 0.3) is 0 Å². The van der Waals surface area contributed by atoms with Crippen LogP contribution in [-0.2, 0) is 49.1 Å². The highest BCUT2D eigenvalue weighted by Crippen LogP contribution is 2.25. The van der Waals surface area contributed by atoms with Gasteiger partial charge in [0.15, 0.2) is 0 Å². The second-order valence-electron chi connectivity index (χ2n) is 8.61. The van der Waals surface area contributed by atoms with E-state index in [1.54, 1.807) is 16.4 Å². The summed E-state index contributed by atoms with van der Waals surface area (Å²) in [5.41, 5.74) is 1.90. The average molecular weight is 485 g/mol. The van der Waals surface area contributed by atoms with Gasteiger partial charge in [-0.15, -0.1) is 0 Å². The van der Waals surface area contributed by atoms with Crippen LogP contribution < -0.4 is 10.3 Å². The molecule has 0 atom stereocenters. The summed E-state index contributed by atoms with van der Waals surface area (Å²) in [5, 5.41) is 4.17. The molecular weight excluding hydrogens is 452 g/mol. The highest BCUT2D eigenvalue weighted by atomic mass is 16.5. The molecule has 35 heavy (non-hydrogen) atoms. The third-order valence-corrected chi connectivity index (χ3v) is 6.08. The lowest BCUT2D eigenvalue weighted by Crippen LogP contribution is -2.29. The van der Waals surface area contributed by atoms with Crippen LogP contribution in [0.1, 0.15) is 39.6 Å². The number of esters is 1. The molecule has 10 nitrogen and oxygen atoms in total. The van der Waals surface area contributed by atoms with Gasteiger partial charge in [0.25, 0.3) is 5.56 Å². The number of nitrogens with zero attached hydrogens (tertiary/aromatic N) is 4. The Morgan fingerprint density at radius 3 is 2.74 bits per heavy atom. The summed E-state index contributed by atoms with van der Waals surface area (Å²) < 4.78 is 25.4. The molecule has 0 N–H and O–H groups in total. The minimum Gasteiger partial charge on any atom is -0.492 e. The Kier molecular flexibility index (Phi) is 8.04. The topological polar surface area (TPSA) is 101 Å². The van der Waals surface area contributed by atoms with E-state index in [1.807, 2.05) is 31.6 Å². The van der Waals surface area contributed by atoms with Gasteiger partial charge in [-0.25, -0.2) is 4.79 Å². The molecule has 4 heterocycles. The number of methoxy groups -OCH3 is 2. The molecule has 0 spiro atoms. The fraction of sp³-hybridized carbons (Fsp3) is 0.480. The quantitative estimate of drug-likeness (QED) is 0.319. The van der Waals surface area contributed by atoms with Crippen LogP contribution in [0, 0.1) is 0 Å². The number of aromatic nitrogens is 3. The van der Waals surface area contributed by atoms with Gasteiger partial charge in [-0.2, -0.15) is 5.10 Å². The summed E-state index contributed by atoms with van der Waals surface area (Å²) in [7, 11) is 4.85. The van der Waals surface area contributed by atoms with Gasteiger partial charge < -0.3 is 23.2 Å². The van der Waals surface area contributed by atoms with Crippen LogP contribution in [0.15, 0.2) is 39.8 Å². The molecule has 0 saturated carbocycles. The second kappa shape index (κ2) is 11.4. The molecule has 1 aliphatic heterocycles. The first-order valence-electron chi connectivity index (χ1n) is 11.7. The number of carbonyl (C=O) groups excluding carboxylic acids is 1. The number of aryl methyl sites for hydroxylation is 2. The van der Waals surface area contributed by atoms with Gasteiger partial charge in [0.05, 0.1) is 26.5 Å². The minimum absolute atomic E-state index is 0.183. The fourth-order valence-electron chi connectivity index (χ4n) is 4.39. The van der Waals surface area contributed by atoms with E-state index in [4.69, 9.17) is 18.6 Å². The lowest BCUT2D eigenvalue weighted by atomic mass is 10.1. The Balaban J connectivity index is 1.48. The predicted octanol–water partition coefficient (Wildman–Crippen LogP) is 2.18. The molecule has 0 radical (unpaired) electrons. The maximum Gasteiger partial charge on any atom is 0.343 e. The number of pyridine rings is 1. The van der Waals surface area contributed by atoms with Crippen molar-refractivity contribution in [3.8, 4) is 5.75 Å². The van der Waals surface area contributed by atoms with Gasteiger partial charge in [-0.05, 0) is 30.5 Å². The first-order valence-corrected chi connectivity index (χ1v) is 11.7. The van der Waals surface area contributed by atoms with Crippen molar-refractivity contribution in [1.29, 1.82) is 0 Å². The number of hydrogen-bond donors (Lipinski definition) is 0. The Morgan fingerprint density at radius 1 is 1.17 bits per heavy atom. The van der Waals surface area contributed by atoms with Crippen molar-refractivity contribution in [3.63, 3.8) is 0 Å². The number of hydrogen-bond acceptors (Lipinski definition) is 8. The largest absolute Gasteiger partial charge is 0.492 e. The molecule has 0 fully saturated rings. The van der Waals surface area contributed by atoms with E-state index >= 15 is 0 Å². The highest BCUT2D eigenvalue weighted by molar-refractivity contribution is 5.93. The summed E-state index contributed by atoms with van der Waals surface area (Å²) in [5.74, 6) is 1.39. The van der Waals surface area contributed by atoms with E-state index in [-0.39, 0.29) is 11.3 Å². The average Bonchev–Trinajstić information content (AvgIpc) is 3.40. The van der Waals surface area contributed by atoms with Crippen molar-refractivity contribution in [3.05, 3.63) is 69.3 Å². The van der Waals surface area contributed by atoms with Crippen LogP contribution in [0.4, 0.5) is 0 Å². The lowest BCUT2D eigenvalue weighted by molar-refractivity contribution is 0.0593. The Morgan fingerprint density at radius 2 is 2.00 bits per heavy atom. The third-order valence-electron chi connectivity index (χ3n) is 6.08. The van der Waals surface area contributed by atoms with E-state index in [9.17, 15) is 9.59 Å². The van der Waals surface area contributed by atoms with Crippen LogP contribution in [-0.4, -0.2) is 59.1 Å². The summed E-state index contributed by atoms with van der Waals surface area (Å²) >= 11 is 0. The Bertz CT molecular complexity index is 1210. The van der Waals surface area contributed by atoms with E-state index in [1.165, 1.54) is 13.2 Å². The monoisotopic (exact) mass is 484 g/mol. The number of ether oxygens (including phenoxy) is 3. The maximum atomic E-state index is 13.0. The number of furan rings is 1. The Hall–Kier alpha value is -3.37. The molecule has 0 saturated heterocycles. The summed E-state index contributed by atoms with van der Waals surface area (Å²) in [6.45, 7) is 3.18. The van der Waals surface area contributed by atoms with Crippen LogP contribution in [0.2, 0.25) is 0 Å². The Labute approximate surface area is 204 Å². The number of fused-ring (bicyclic) bond motifs is 1. The zero-order valence-corrected chi connectivity index (χ0v) is 20.5. The molecule has 4 rings (SSSR count). The molecule has 0 amide bonds. The molecule has 188 valence electrons. The standard InChI is InChI=1S/C25H32N4O6/c1-27-15-18(14-26-27)5-4-12-34-22-13-23(30)29-11-10-28(9-8-21(29)24(22)25(31)33-3)16-19-6-7-20(35-19)17-32-2/h6-7,13-15H,4-5,8-12,16-17H2,1-3H3. The molecule has 0 unspecified atom stereocenters. The zero-order chi connectivity index (χ0) is 24.8. The van der Waals surface area contributed by atoms with Crippen LogP contribution in [0.3, 0.4) is 0 Å². The van der Waals surface area contributed by atoms with Gasteiger partial charge >= 0.3 is 5.97 Å². The van der Waals surface area contributed by atoms with Gasteiger partial charge in [0, 0.05) is 58.2 Å². The van der Waals surface area contributed by atoms with Gasteiger partial charge in [-0.3, -0.25) is 14.4 Å². The first-order chi connectivity index (χ1) is 17.0. The number of carbonyl (C=O) groups is 1. The zero-order valence-electron chi connectivity index (χ0n) is 20.5. The molecule has 3 aromatic rings. The van der Waals surface area contributed by atoms with Crippen molar-refractivity contribution in [2.75, 3.05) is 33.9 Å². The van der Waals surface area contributed by atoms with E-state index in [2.05, 4.69) is 10.00 Å². The van der Waals surface area contributed by atoms with Crippen molar-refractivity contribution in [2.45, 2.75) is 39.0 Å². The van der Waals surface area contributed by atoms with Crippen molar-refractivity contribution < 1.29 is 23.4 Å². The van der Waals surface area contributed by atoms with E-state index in [0.717, 1.165) is 29.9 Å². The van der Waals surface area contributed by atoms with Gasteiger partial charge in [-0.1, -0.05) is 0 Å². The fourth-order valence-corrected chi connectivity index (χ4v) is 4.39. The molecule has 10 heteroatoms. The van der Waals surface area contributed by atoms with Crippen molar-refractivity contribution >= 4 is 5.97 Å². The minimum atomic E-state index is -0.500. The summed E-state index contributed by atoms with van der Waals surface area (Å²) in [6, 6.07) is 5.25. The maximum absolute atomic E-state index is 13.0. The molecule has 3 aromatic heterocycles.